The summed E-state index contributed by atoms with van der Waals surface area (Å²) in [6.45, 7) is 3.52. The van der Waals surface area contributed by atoms with Crippen molar-refractivity contribution in [3.63, 3.8) is 0 Å². The van der Waals surface area contributed by atoms with Crippen LogP contribution in [0.1, 0.15) is 29.2 Å². The van der Waals surface area contributed by atoms with Crippen LogP contribution in [0.2, 0.25) is 0 Å². The molecule has 0 fully saturated rings. The Labute approximate surface area is 86.5 Å². The minimum atomic E-state index is -4.34. The number of aryl methyl sites for hydroxylation is 1. The van der Waals surface area contributed by atoms with Crippen molar-refractivity contribution >= 4 is 0 Å². The normalized spacial score (nSPS) is 14.0. The lowest BCUT2D eigenvalue weighted by Crippen LogP contribution is -2.14. The van der Waals surface area contributed by atoms with Crippen LogP contribution in [0.15, 0.2) is 18.2 Å². The Morgan fingerprint density at radius 2 is 1.87 bits per heavy atom. The van der Waals surface area contributed by atoms with Crippen molar-refractivity contribution in [1.29, 1.82) is 0 Å². The van der Waals surface area contributed by atoms with Gasteiger partial charge in [0.15, 0.2) is 0 Å². The maximum Gasteiger partial charge on any atom is 0.391 e. The highest BCUT2D eigenvalue weighted by molar-refractivity contribution is 5.34. The van der Waals surface area contributed by atoms with E-state index in [0.717, 1.165) is 5.56 Å². The van der Waals surface area contributed by atoms with Gasteiger partial charge in [-0.1, -0.05) is 18.2 Å². The van der Waals surface area contributed by atoms with Gasteiger partial charge < -0.3 is 5.11 Å². The summed E-state index contributed by atoms with van der Waals surface area (Å²) in [4.78, 5) is 0. The van der Waals surface area contributed by atoms with E-state index in [1.807, 2.05) is 0 Å². The van der Waals surface area contributed by atoms with Gasteiger partial charge in [-0.25, -0.2) is 0 Å². The third-order valence-corrected chi connectivity index (χ3v) is 2.43. The third kappa shape index (κ3) is 3.23. The highest BCUT2D eigenvalue weighted by Crippen LogP contribution is 2.31. The molecule has 1 aromatic carbocycles. The lowest BCUT2D eigenvalue weighted by Gasteiger charge is -2.16. The van der Waals surface area contributed by atoms with Crippen molar-refractivity contribution in [1.82, 2.24) is 0 Å². The van der Waals surface area contributed by atoms with Gasteiger partial charge >= 0.3 is 6.18 Å². The van der Waals surface area contributed by atoms with E-state index < -0.39 is 18.7 Å². The first-order valence-electron chi connectivity index (χ1n) is 4.62. The Bertz CT molecular complexity index is 344. The monoisotopic (exact) mass is 218 g/mol. The van der Waals surface area contributed by atoms with Crippen LogP contribution in [0.3, 0.4) is 0 Å². The van der Waals surface area contributed by atoms with E-state index in [9.17, 15) is 18.3 Å². The van der Waals surface area contributed by atoms with E-state index in [2.05, 4.69) is 0 Å². The van der Waals surface area contributed by atoms with Crippen molar-refractivity contribution < 1.29 is 18.3 Å². The summed E-state index contributed by atoms with van der Waals surface area (Å²) < 4.78 is 36.2. The number of hydrogen-bond acceptors (Lipinski definition) is 1. The molecule has 1 rings (SSSR count). The number of aliphatic hydroxyl groups is 1. The van der Waals surface area contributed by atoms with E-state index in [1.165, 1.54) is 6.07 Å². The van der Waals surface area contributed by atoms with E-state index in [0.29, 0.717) is 11.1 Å². The van der Waals surface area contributed by atoms with Crippen LogP contribution in [0.25, 0.3) is 0 Å². The second kappa shape index (κ2) is 4.23. The van der Waals surface area contributed by atoms with Gasteiger partial charge in [0.05, 0.1) is 12.5 Å². The molecule has 0 amide bonds. The smallest absolute Gasteiger partial charge is 0.388 e. The van der Waals surface area contributed by atoms with Gasteiger partial charge in [-0.05, 0) is 30.5 Å². The average Bonchev–Trinajstić information content (AvgIpc) is 2.06. The number of alkyl halides is 3. The van der Waals surface area contributed by atoms with E-state index in [4.69, 9.17) is 0 Å². The number of benzene rings is 1. The van der Waals surface area contributed by atoms with Crippen LogP contribution >= 0.6 is 0 Å². The summed E-state index contributed by atoms with van der Waals surface area (Å²) >= 11 is 0. The molecule has 0 radical (unpaired) electrons. The van der Waals surface area contributed by atoms with Gasteiger partial charge in [0, 0.05) is 0 Å². The second-order valence-corrected chi connectivity index (χ2v) is 3.62. The number of halogens is 3. The zero-order valence-corrected chi connectivity index (χ0v) is 8.60. The minimum absolute atomic E-state index is 0.354. The summed E-state index contributed by atoms with van der Waals surface area (Å²) in [5, 5.41) is 9.44. The topological polar surface area (TPSA) is 20.2 Å². The number of hydrogen-bond donors (Lipinski definition) is 1. The standard InChI is InChI=1S/C11H13F3O/c1-7-4-3-5-9(8(7)2)10(15)6-11(12,13)14/h3-5,10,15H,6H2,1-2H3. The van der Waals surface area contributed by atoms with Crippen LogP contribution in [-0.2, 0) is 0 Å². The van der Waals surface area contributed by atoms with Crippen LogP contribution in [0.5, 0.6) is 0 Å². The van der Waals surface area contributed by atoms with Crippen LogP contribution < -0.4 is 0 Å². The molecule has 1 aromatic rings. The zero-order chi connectivity index (χ0) is 11.6. The molecule has 0 aliphatic heterocycles. The summed E-state index contributed by atoms with van der Waals surface area (Å²) in [6, 6.07) is 4.98. The van der Waals surface area contributed by atoms with Crippen molar-refractivity contribution in [3.8, 4) is 0 Å². The van der Waals surface area contributed by atoms with E-state index in [1.54, 1.807) is 26.0 Å². The molecule has 0 heterocycles. The van der Waals surface area contributed by atoms with Crippen molar-refractivity contribution in [3.05, 3.63) is 34.9 Å². The Morgan fingerprint density at radius 3 is 2.40 bits per heavy atom. The maximum atomic E-state index is 12.1. The SMILES string of the molecule is Cc1cccc(C(O)CC(F)(F)F)c1C. The number of aliphatic hydroxyl groups excluding tert-OH is 1. The molecule has 1 unspecified atom stereocenters. The highest BCUT2D eigenvalue weighted by atomic mass is 19.4. The van der Waals surface area contributed by atoms with Crippen molar-refractivity contribution in [2.75, 3.05) is 0 Å². The summed E-state index contributed by atoms with van der Waals surface area (Å²) in [7, 11) is 0. The van der Waals surface area contributed by atoms with Gasteiger partial charge in [0.25, 0.3) is 0 Å². The molecule has 4 heteroatoms. The minimum Gasteiger partial charge on any atom is -0.388 e. The molecular weight excluding hydrogens is 205 g/mol. The van der Waals surface area contributed by atoms with Crippen molar-refractivity contribution in [2.24, 2.45) is 0 Å². The van der Waals surface area contributed by atoms with Crippen LogP contribution in [0, 0.1) is 13.8 Å². The molecule has 0 aliphatic rings. The van der Waals surface area contributed by atoms with Crippen LogP contribution in [0.4, 0.5) is 13.2 Å². The molecule has 0 saturated heterocycles. The van der Waals surface area contributed by atoms with Gasteiger partial charge in [0.2, 0.25) is 0 Å². The molecule has 0 saturated carbocycles. The first-order valence-corrected chi connectivity index (χ1v) is 4.62. The Morgan fingerprint density at radius 1 is 1.27 bits per heavy atom. The van der Waals surface area contributed by atoms with Gasteiger partial charge in [-0.15, -0.1) is 0 Å². The molecular formula is C11H13F3O. The highest BCUT2D eigenvalue weighted by Gasteiger charge is 2.32. The summed E-state index contributed by atoms with van der Waals surface area (Å²) in [6.07, 6.45) is -7.00. The molecule has 15 heavy (non-hydrogen) atoms. The molecule has 84 valence electrons. The summed E-state index contributed by atoms with van der Waals surface area (Å²) in [5.41, 5.74) is 1.95. The summed E-state index contributed by atoms with van der Waals surface area (Å²) in [5.74, 6) is 0. The molecule has 0 aliphatic carbocycles. The Kier molecular flexibility index (Phi) is 3.39. The fraction of sp³-hybridized carbons (Fsp3) is 0.455. The fourth-order valence-corrected chi connectivity index (χ4v) is 1.46. The van der Waals surface area contributed by atoms with Crippen LogP contribution in [-0.4, -0.2) is 11.3 Å². The molecule has 1 atom stereocenters. The molecule has 0 spiro atoms. The largest absolute Gasteiger partial charge is 0.391 e. The Balaban J connectivity index is 2.92. The first-order chi connectivity index (χ1) is 6.81. The average molecular weight is 218 g/mol. The number of rotatable bonds is 2. The maximum absolute atomic E-state index is 12.1. The zero-order valence-electron chi connectivity index (χ0n) is 8.60. The molecule has 1 nitrogen and oxygen atoms in total. The van der Waals surface area contributed by atoms with Gasteiger partial charge in [-0.2, -0.15) is 13.2 Å². The van der Waals surface area contributed by atoms with Crippen molar-refractivity contribution in [2.45, 2.75) is 32.5 Å². The third-order valence-electron chi connectivity index (χ3n) is 2.43. The molecule has 0 aromatic heterocycles. The molecule has 1 N–H and O–H groups in total. The quantitative estimate of drug-likeness (QED) is 0.807. The predicted molar refractivity (Wildman–Crippen MR) is 51.5 cm³/mol. The van der Waals surface area contributed by atoms with Gasteiger partial charge in [-0.3, -0.25) is 0 Å². The Hall–Kier alpha value is -1.03. The fourth-order valence-electron chi connectivity index (χ4n) is 1.46. The molecule has 0 bridgehead atoms. The van der Waals surface area contributed by atoms with E-state index >= 15 is 0 Å². The van der Waals surface area contributed by atoms with E-state index in [-0.39, 0.29) is 0 Å². The lowest BCUT2D eigenvalue weighted by atomic mass is 9.97. The predicted octanol–water partition coefficient (Wildman–Crippen LogP) is 3.29. The first kappa shape index (κ1) is 12.0. The van der Waals surface area contributed by atoms with Gasteiger partial charge in [0.1, 0.15) is 0 Å². The lowest BCUT2D eigenvalue weighted by molar-refractivity contribution is -0.154. The second-order valence-electron chi connectivity index (χ2n) is 3.62.